The highest BCUT2D eigenvalue weighted by atomic mass is 35.5. The maximum atomic E-state index is 13.8. The second-order valence-corrected chi connectivity index (χ2v) is 11.6. The van der Waals surface area contributed by atoms with Crippen molar-refractivity contribution in [2.45, 2.75) is 29.4 Å². The van der Waals surface area contributed by atoms with Crippen LogP contribution < -0.4 is 10.6 Å². The molecule has 5 rings (SSSR count). The smallest absolute Gasteiger partial charge is 0.252 e. The lowest BCUT2D eigenvalue weighted by atomic mass is 9.73. The van der Waals surface area contributed by atoms with Crippen LogP contribution >= 0.6 is 11.6 Å². The van der Waals surface area contributed by atoms with Crippen LogP contribution in [-0.4, -0.2) is 38.8 Å². The molecule has 1 fully saturated rings. The Bertz CT molecular complexity index is 1330. The van der Waals surface area contributed by atoms with Crippen LogP contribution in [0.5, 0.6) is 0 Å². The Morgan fingerprint density at radius 1 is 1.09 bits per heavy atom. The van der Waals surface area contributed by atoms with Crippen molar-refractivity contribution in [2.24, 2.45) is 0 Å². The van der Waals surface area contributed by atoms with Crippen molar-refractivity contribution in [1.29, 1.82) is 0 Å². The normalized spacial score (nSPS) is 21.6. The van der Waals surface area contributed by atoms with E-state index in [1.807, 2.05) is 18.2 Å². The Morgan fingerprint density at radius 2 is 1.82 bits per heavy atom. The first-order valence-electron chi connectivity index (χ1n) is 10.8. The maximum Gasteiger partial charge on any atom is 0.252 e. The van der Waals surface area contributed by atoms with Crippen LogP contribution in [0.25, 0.3) is 11.3 Å². The van der Waals surface area contributed by atoms with E-state index >= 15 is 0 Å². The summed E-state index contributed by atoms with van der Waals surface area (Å²) in [5, 5.41) is 10.6. The fraction of sp³-hybridized carbons (Fsp3) is 0.333. The number of piperidine rings is 1. The van der Waals surface area contributed by atoms with Crippen LogP contribution in [0, 0.1) is 0 Å². The molecule has 0 radical (unpaired) electrons. The van der Waals surface area contributed by atoms with Crippen LogP contribution in [0.1, 0.15) is 30.4 Å². The van der Waals surface area contributed by atoms with Gasteiger partial charge in [-0.3, -0.25) is 10.1 Å². The van der Waals surface area contributed by atoms with E-state index in [1.54, 1.807) is 36.4 Å². The van der Waals surface area contributed by atoms with Crippen LogP contribution in [-0.2, 0) is 24.8 Å². The zero-order chi connectivity index (χ0) is 23.3. The van der Waals surface area contributed by atoms with E-state index in [0.717, 1.165) is 43.3 Å². The van der Waals surface area contributed by atoms with Crippen LogP contribution in [0.2, 0.25) is 5.02 Å². The predicted octanol–water partition coefficient (Wildman–Crippen LogP) is 3.90. The van der Waals surface area contributed by atoms with Gasteiger partial charge >= 0.3 is 0 Å². The van der Waals surface area contributed by atoms with Crippen molar-refractivity contribution >= 4 is 33.2 Å². The van der Waals surface area contributed by atoms with Crippen molar-refractivity contribution < 1.29 is 17.7 Å². The molecule has 1 unspecified atom stereocenters. The van der Waals surface area contributed by atoms with E-state index in [9.17, 15) is 13.2 Å². The number of fused-ring (bicyclic) bond motifs is 2. The molecule has 7 nitrogen and oxygen atoms in total. The van der Waals surface area contributed by atoms with E-state index in [4.69, 9.17) is 16.1 Å². The van der Waals surface area contributed by atoms with Gasteiger partial charge in [0.15, 0.2) is 14.6 Å². The lowest BCUT2D eigenvalue weighted by molar-refractivity contribution is -0.119. The second-order valence-electron chi connectivity index (χ2n) is 8.89. The third kappa shape index (κ3) is 3.57. The number of carbonyl (C=O) groups excluding carboxylic acids is 1. The van der Waals surface area contributed by atoms with Crippen LogP contribution in [0.15, 0.2) is 59.1 Å². The van der Waals surface area contributed by atoms with Crippen molar-refractivity contribution in [3.63, 3.8) is 0 Å². The number of hydrogen-bond donors (Lipinski definition) is 2. The van der Waals surface area contributed by atoms with E-state index in [2.05, 4.69) is 15.8 Å². The zero-order valence-electron chi connectivity index (χ0n) is 18.1. The molecule has 1 amide bonds. The number of aromatic nitrogens is 1. The topological polar surface area (TPSA) is 101 Å². The molecule has 1 spiro atoms. The average Bonchev–Trinajstić information content (AvgIpc) is 3.36. The minimum Gasteiger partial charge on any atom is -0.338 e. The quantitative estimate of drug-likeness (QED) is 0.581. The Kier molecular flexibility index (Phi) is 5.34. The van der Waals surface area contributed by atoms with Gasteiger partial charge < -0.3 is 9.84 Å². The van der Waals surface area contributed by atoms with E-state index in [1.165, 1.54) is 0 Å². The highest BCUT2D eigenvalue weighted by molar-refractivity contribution is 7.92. The van der Waals surface area contributed by atoms with Gasteiger partial charge in [-0.25, -0.2) is 8.42 Å². The van der Waals surface area contributed by atoms with Crippen molar-refractivity contribution in [1.82, 2.24) is 10.5 Å². The molecule has 33 heavy (non-hydrogen) atoms. The maximum absolute atomic E-state index is 13.8. The fourth-order valence-electron chi connectivity index (χ4n) is 5.35. The number of nitrogens with one attached hydrogen (secondary N) is 2. The SMILES string of the molecule is CS(=O)(=O)C1(C(=O)Nc2cc(-c3cccc(Cl)c3)no2)CC2(CCNCC2)c2ccccc21. The van der Waals surface area contributed by atoms with Gasteiger partial charge in [-0.1, -0.05) is 53.2 Å². The molecule has 0 bridgehead atoms. The van der Waals surface area contributed by atoms with E-state index in [-0.39, 0.29) is 17.7 Å². The molecule has 2 aromatic carbocycles. The van der Waals surface area contributed by atoms with Gasteiger partial charge in [-0.15, -0.1) is 0 Å². The third-order valence-corrected chi connectivity index (χ3v) is 9.00. The molecule has 172 valence electrons. The summed E-state index contributed by atoms with van der Waals surface area (Å²) in [6.07, 6.45) is 2.90. The lowest BCUT2D eigenvalue weighted by Gasteiger charge is -2.36. The summed E-state index contributed by atoms with van der Waals surface area (Å²) in [4.78, 5) is 13.8. The van der Waals surface area contributed by atoms with Crippen LogP contribution in [0.4, 0.5) is 5.88 Å². The standard InChI is InChI=1S/C24H24ClN3O4S/c1-33(30,31)24(15-23(9-11-26-12-10-23)18-7-2-3-8-19(18)24)22(29)27-21-14-20(28-32-21)16-5-4-6-17(25)13-16/h2-8,13-14,26H,9-12,15H2,1H3,(H,27,29). The molecule has 1 saturated heterocycles. The highest BCUT2D eigenvalue weighted by Crippen LogP contribution is 2.56. The number of carbonyl (C=O) groups is 1. The summed E-state index contributed by atoms with van der Waals surface area (Å²) in [6, 6.07) is 16.1. The van der Waals surface area contributed by atoms with E-state index in [0.29, 0.717) is 16.3 Å². The molecule has 1 aliphatic carbocycles. The summed E-state index contributed by atoms with van der Waals surface area (Å²) in [7, 11) is -3.84. The number of rotatable bonds is 4. The van der Waals surface area contributed by atoms with Crippen molar-refractivity contribution in [3.05, 3.63) is 70.7 Å². The average molecular weight is 486 g/mol. The van der Waals surface area contributed by atoms with Gasteiger partial charge in [-0.05, 0) is 55.6 Å². The molecule has 1 aliphatic heterocycles. The molecular formula is C24H24ClN3O4S. The largest absolute Gasteiger partial charge is 0.338 e. The predicted molar refractivity (Wildman–Crippen MR) is 127 cm³/mol. The summed E-state index contributed by atoms with van der Waals surface area (Å²) in [6.45, 7) is 1.56. The number of halogens is 1. The Morgan fingerprint density at radius 3 is 2.52 bits per heavy atom. The van der Waals surface area contributed by atoms with Gasteiger partial charge in [0.1, 0.15) is 5.69 Å². The molecule has 1 aromatic heterocycles. The first-order chi connectivity index (χ1) is 15.8. The first-order valence-corrected chi connectivity index (χ1v) is 13.1. The molecular weight excluding hydrogens is 462 g/mol. The Balaban J connectivity index is 1.54. The Hall–Kier alpha value is -2.68. The number of amides is 1. The molecule has 2 aliphatic rings. The summed E-state index contributed by atoms with van der Waals surface area (Å²) >= 11 is 6.06. The van der Waals surface area contributed by atoms with Crippen LogP contribution in [0.3, 0.4) is 0 Å². The summed E-state index contributed by atoms with van der Waals surface area (Å²) < 4.78 is 30.2. The van der Waals surface area contributed by atoms with Gasteiger partial charge in [0.25, 0.3) is 5.91 Å². The van der Waals surface area contributed by atoms with Gasteiger partial charge in [0.2, 0.25) is 5.88 Å². The highest BCUT2D eigenvalue weighted by Gasteiger charge is 2.61. The first kappa shape index (κ1) is 22.1. The summed E-state index contributed by atoms with van der Waals surface area (Å²) in [5.41, 5.74) is 2.35. The molecule has 1 atom stereocenters. The number of anilines is 1. The van der Waals surface area contributed by atoms with Crippen molar-refractivity contribution in [3.8, 4) is 11.3 Å². The number of sulfone groups is 1. The zero-order valence-corrected chi connectivity index (χ0v) is 19.7. The number of nitrogens with zero attached hydrogens (tertiary/aromatic N) is 1. The monoisotopic (exact) mass is 485 g/mol. The minimum atomic E-state index is -3.84. The second kappa shape index (κ2) is 7.97. The molecule has 2 heterocycles. The number of hydrogen-bond acceptors (Lipinski definition) is 6. The summed E-state index contributed by atoms with van der Waals surface area (Å²) in [5.74, 6) is -0.539. The molecule has 3 aromatic rings. The molecule has 9 heteroatoms. The van der Waals surface area contributed by atoms with Gasteiger partial charge in [-0.2, -0.15) is 0 Å². The van der Waals surface area contributed by atoms with Gasteiger partial charge in [0.05, 0.1) is 0 Å². The Labute approximate surface area is 197 Å². The fourth-order valence-corrected chi connectivity index (χ4v) is 7.04. The van der Waals surface area contributed by atoms with Gasteiger partial charge in [0, 0.05) is 28.3 Å². The molecule has 2 N–H and O–H groups in total. The van der Waals surface area contributed by atoms with E-state index < -0.39 is 20.5 Å². The minimum absolute atomic E-state index is 0.0849. The molecule has 0 saturated carbocycles. The lowest BCUT2D eigenvalue weighted by Crippen LogP contribution is -2.48. The third-order valence-electron chi connectivity index (χ3n) is 6.95. The van der Waals surface area contributed by atoms with Crippen molar-refractivity contribution in [2.75, 3.05) is 24.7 Å². The number of benzene rings is 2.